The number of Topliss-reactive ketones (excluding diaryl/α,β-unsaturated/α-hetero) is 1. The van der Waals surface area contributed by atoms with Crippen molar-refractivity contribution in [1.29, 1.82) is 0 Å². The minimum Gasteiger partial charge on any atom is -0.409 e. The molecule has 3 fully saturated rings. The number of ketones is 1. The summed E-state index contributed by atoms with van der Waals surface area (Å²) >= 11 is 0. The molecular weight excluding hydrogens is 400 g/mol. The Balaban J connectivity index is 1.57. The quantitative estimate of drug-likeness (QED) is 0.498. The molecule has 4 rings (SSSR count). The van der Waals surface area contributed by atoms with Crippen LogP contribution < -0.4 is 0 Å². The minimum absolute atomic E-state index is 0.0551. The maximum Gasteiger partial charge on any atom is 0.192 e. The third-order valence-electron chi connectivity index (χ3n) is 10.5. The van der Waals surface area contributed by atoms with Gasteiger partial charge in [0.05, 0.1) is 6.61 Å². The Labute approximate surface area is 190 Å². The van der Waals surface area contributed by atoms with Crippen LogP contribution in [0.1, 0.15) is 86.0 Å². The summed E-state index contributed by atoms with van der Waals surface area (Å²) in [5.74, 6) is 0.814. The Morgan fingerprint density at radius 1 is 1.10 bits per heavy atom. The number of aliphatic hydroxyl groups is 1. The first kappa shape index (κ1) is 23.4. The van der Waals surface area contributed by atoms with Gasteiger partial charge >= 0.3 is 0 Å². The van der Waals surface area contributed by atoms with Crippen LogP contribution in [0.4, 0.5) is 0 Å². The summed E-state index contributed by atoms with van der Waals surface area (Å²) in [5, 5.41) is 11.9. The van der Waals surface area contributed by atoms with Gasteiger partial charge in [-0.05, 0) is 80.3 Å². The fraction of sp³-hybridized carbons (Fsp3) is 0.815. The Bertz CT molecular complexity index is 819. The molecule has 31 heavy (non-hydrogen) atoms. The number of carbonyl (C=O) groups excluding carboxylic acids is 1. The van der Waals surface area contributed by atoms with Gasteiger partial charge in [-0.1, -0.05) is 64.3 Å². The van der Waals surface area contributed by atoms with Crippen molar-refractivity contribution in [3.05, 3.63) is 23.3 Å². The van der Waals surface area contributed by atoms with Crippen molar-refractivity contribution in [2.75, 3.05) is 6.61 Å². The normalized spacial score (nSPS) is 40.4. The van der Waals surface area contributed by atoms with Gasteiger partial charge in [-0.15, -0.1) is 0 Å². The average molecular weight is 445 g/mol. The van der Waals surface area contributed by atoms with Crippen molar-refractivity contribution >= 4 is 14.1 Å². The Morgan fingerprint density at radius 3 is 2.45 bits per heavy atom. The molecule has 0 unspecified atom stereocenters. The van der Waals surface area contributed by atoms with Gasteiger partial charge in [0.1, 0.15) is 5.60 Å². The number of rotatable bonds is 4. The van der Waals surface area contributed by atoms with Crippen molar-refractivity contribution in [2.24, 2.45) is 22.7 Å². The zero-order valence-corrected chi connectivity index (χ0v) is 21.9. The van der Waals surface area contributed by atoms with Crippen LogP contribution in [0.3, 0.4) is 0 Å². The second kappa shape index (κ2) is 7.40. The molecule has 4 aliphatic rings. The Hall–Kier alpha value is -0.713. The van der Waals surface area contributed by atoms with Gasteiger partial charge in [0, 0.05) is 5.41 Å². The van der Waals surface area contributed by atoms with Crippen LogP contribution >= 0.6 is 0 Å². The summed E-state index contributed by atoms with van der Waals surface area (Å²) in [4.78, 5) is 13.5. The van der Waals surface area contributed by atoms with Gasteiger partial charge in [-0.25, -0.2) is 0 Å². The summed E-state index contributed by atoms with van der Waals surface area (Å²) in [5.41, 5.74) is 1.82. The number of carbonyl (C=O) groups is 1. The lowest BCUT2D eigenvalue weighted by Gasteiger charge is -2.55. The van der Waals surface area contributed by atoms with E-state index in [2.05, 4.69) is 59.9 Å². The molecular formula is C27H44O3Si. The van der Waals surface area contributed by atoms with Gasteiger partial charge < -0.3 is 9.53 Å². The van der Waals surface area contributed by atoms with Crippen molar-refractivity contribution < 1.29 is 14.3 Å². The topological polar surface area (TPSA) is 46.5 Å². The molecule has 0 aliphatic heterocycles. The number of fused-ring (bicyclic) bond motifs is 5. The standard InChI is InChI=1S/C27H44O3Si/c1-24(2,3)31(6,7)30-18-23(28)27(29)17-14-22-20-12-11-19-10-8-9-15-25(19,4)21(20)13-16-26(22,27)5/h11-12,21-22,29H,8-10,13-18H2,1-7H3/t21-,22-,25-,26-,27-/m0/s1. The highest BCUT2D eigenvalue weighted by Crippen LogP contribution is 2.66. The van der Waals surface area contributed by atoms with Gasteiger partial charge in [0.15, 0.2) is 14.1 Å². The highest BCUT2D eigenvalue weighted by Gasteiger charge is 2.64. The highest BCUT2D eigenvalue weighted by atomic mass is 28.4. The van der Waals surface area contributed by atoms with E-state index in [9.17, 15) is 9.90 Å². The van der Waals surface area contributed by atoms with Crippen LogP contribution in [-0.4, -0.2) is 31.4 Å². The second-order valence-corrected chi connectivity index (χ2v) is 17.7. The first-order valence-corrected chi connectivity index (χ1v) is 15.5. The average Bonchev–Trinajstić information content (AvgIpc) is 2.97. The van der Waals surface area contributed by atoms with Gasteiger partial charge in [0.25, 0.3) is 0 Å². The van der Waals surface area contributed by atoms with Crippen LogP contribution in [0.15, 0.2) is 23.3 Å². The van der Waals surface area contributed by atoms with Gasteiger partial charge in [-0.3, -0.25) is 4.79 Å². The van der Waals surface area contributed by atoms with Crippen LogP contribution in [-0.2, 0) is 9.22 Å². The van der Waals surface area contributed by atoms with E-state index in [4.69, 9.17) is 4.43 Å². The summed E-state index contributed by atoms with van der Waals surface area (Å²) in [7, 11) is -2.03. The van der Waals surface area contributed by atoms with Crippen LogP contribution in [0.5, 0.6) is 0 Å². The maximum absolute atomic E-state index is 13.5. The molecule has 3 nitrogen and oxygen atoms in total. The molecule has 0 radical (unpaired) electrons. The van der Waals surface area contributed by atoms with E-state index in [1.807, 2.05) is 0 Å². The van der Waals surface area contributed by atoms with E-state index in [0.717, 1.165) is 19.3 Å². The molecule has 4 heteroatoms. The molecule has 3 saturated carbocycles. The molecule has 0 amide bonds. The molecule has 0 bridgehead atoms. The molecule has 4 aliphatic carbocycles. The SMILES string of the molecule is CC(C)(C)[Si](C)(C)OCC(=O)[C@@]1(O)CC[C@H]2C3=CC=C4CCCC[C@]4(C)[C@H]3CC[C@@]21C. The molecule has 1 N–H and O–H groups in total. The van der Waals surface area contributed by atoms with Gasteiger partial charge in [-0.2, -0.15) is 0 Å². The monoisotopic (exact) mass is 444 g/mol. The van der Waals surface area contributed by atoms with E-state index >= 15 is 0 Å². The lowest BCUT2D eigenvalue weighted by atomic mass is 9.50. The van der Waals surface area contributed by atoms with E-state index < -0.39 is 13.9 Å². The fourth-order valence-corrected chi connectivity index (χ4v) is 8.02. The largest absolute Gasteiger partial charge is 0.409 e. The minimum atomic E-state index is -2.03. The Kier molecular flexibility index (Phi) is 5.59. The molecule has 0 aromatic carbocycles. The van der Waals surface area contributed by atoms with Crippen molar-refractivity contribution in [1.82, 2.24) is 0 Å². The maximum atomic E-state index is 13.5. The number of allylic oxidation sites excluding steroid dienone is 4. The van der Waals surface area contributed by atoms with E-state index in [1.165, 1.54) is 31.3 Å². The summed E-state index contributed by atoms with van der Waals surface area (Å²) in [6.45, 7) is 15.7. The molecule has 0 aromatic rings. The summed E-state index contributed by atoms with van der Waals surface area (Å²) < 4.78 is 6.26. The number of hydrogen-bond donors (Lipinski definition) is 1. The molecule has 174 valence electrons. The van der Waals surface area contributed by atoms with E-state index in [0.29, 0.717) is 23.7 Å². The van der Waals surface area contributed by atoms with Crippen LogP contribution in [0.2, 0.25) is 18.1 Å². The molecule has 0 heterocycles. The van der Waals surface area contributed by atoms with Crippen LogP contribution in [0.25, 0.3) is 0 Å². The smallest absolute Gasteiger partial charge is 0.192 e. The first-order valence-electron chi connectivity index (χ1n) is 12.6. The molecule has 5 atom stereocenters. The van der Waals surface area contributed by atoms with E-state index in [1.54, 1.807) is 5.57 Å². The Morgan fingerprint density at radius 2 is 1.77 bits per heavy atom. The molecule has 0 saturated heterocycles. The number of hydrogen-bond acceptors (Lipinski definition) is 3. The lowest BCUT2D eigenvalue weighted by Crippen LogP contribution is -2.56. The summed E-state index contributed by atoms with van der Waals surface area (Å²) in [6.07, 6.45) is 13.5. The van der Waals surface area contributed by atoms with Crippen molar-refractivity contribution in [3.8, 4) is 0 Å². The fourth-order valence-electron chi connectivity index (χ4n) is 7.10. The zero-order valence-electron chi connectivity index (χ0n) is 20.9. The third kappa shape index (κ3) is 3.38. The zero-order chi connectivity index (χ0) is 22.9. The van der Waals surface area contributed by atoms with E-state index in [-0.39, 0.29) is 22.8 Å². The van der Waals surface area contributed by atoms with Crippen LogP contribution in [0, 0.1) is 22.7 Å². The van der Waals surface area contributed by atoms with Crippen molar-refractivity contribution in [2.45, 2.75) is 110 Å². The lowest BCUT2D eigenvalue weighted by molar-refractivity contribution is -0.155. The van der Waals surface area contributed by atoms with Crippen molar-refractivity contribution in [3.63, 3.8) is 0 Å². The molecule has 0 aromatic heterocycles. The third-order valence-corrected chi connectivity index (χ3v) is 14.9. The predicted octanol–water partition coefficient (Wildman–Crippen LogP) is 6.58. The predicted molar refractivity (Wildman–Crippen MR) is 129 cm³/mol. The summed E-state index contributed by atoms with van der Waals surface area (Å²) in [6, 6.07) is 0. The molecule has 0 spiro atoms. The highest BCUT2D eigenvalue weighted by molar-refractivity contribution is 6.74. The second-order valence-electron chi connectivity index (χ2n) is 12.9. The van der Waals surface area contributed by atoms with Gasteiger partial charge in [0.2, 0.25) is 0 Å². The first-order chi connectivity index (χ1) is 14.3.